The van der Waals surface area contributed by atoms with Crippen molar-refractivity contribution in [3.05, 3.63) is 24.8 Å². The van der Waals surface area contributed by atoms with Crippen molar-refractivity contribution in [1.29, 1.82) is 0 Å². The molecule has 2 aliphatic rings. The number of aromatic nitrogens is 6. The molecular weight excluding hydrogens is 394 g/mol. The number of fused-ring (bicyclic) bond motifs is 3. The average molecular weight is 424 g/mol. The first-order chi connectivity index (χ1) is 15.1. The first-order valence-corrected chi connectivity index (χ1v) is 11.0. The van der Waals surface area contributed by atoms with E-state index in [1.165, 1.54) is 19.3 Å². The second kappa shape index (κ2) is 8.30. The molecule has 0 spiro atoms. The maximum absolute atomic E-state index is 6.04. The highest BCUT2D eigenvalue weighted by Gasteiger charge is 2.24. The van der Waals surface area contributed by atoms with Gasteiger partial charge in [-0.05, 0) is 40.3 Å². The second-order valence-electron chi connectivity index (χ2n) is 8.57. The van der Waals surface area contributed by atoms with Crippen LogP contribution in [0, 0.1) is 0 Å². The minimum absolute atomic E-state index is 0.208. The minimum Gasteiger partial charge on any atom is -0.491 e. The molecule has 2 aliphatic heterocycles. The molecule has 0 bridgehead atoms. The Morgan fingerprint density at radius 3 is 2.94 bits per heavy atom. The second-order valence-corrected chi connectivity index (χ2v) is 8.57. The first-order valence-electron chi connectivity index (χ1n) is 11.0. The summed E-state index contributed by atoms with van der Waals surface area (Å²) >= 11 is 0. The van der Waals surface area contributed by atoms with Crippen LogP contribution in [0.2, 0.25) is 0 Å². The van der Waals surface area contributed by atoms with Gasteiger partial charge in [-0.3, -0.25) is 0 Å². The molecule has 1 unspecified atom stereocenters. The number of rotatable bonds is 5. The van der Waals surface area contributed by atoms with Crippen molar-refractivity contribution in [3.63, 3.8) is 0 Å². The maximum atomic E-state index is 6.04. The fourth-order valence-corrected chi connectivity index (χ4v) is 4.30. The van der Waals surface area contributed by atoms with E-state index < -0.39 is 0 Å². The Balaban J connectivity index is 1.40. The summed E-state index contributed by atoms with van der Waals surface area (Å²) in [5.41, 5.74) is 1.66. The van der Waals surface area contributed by atoms with Gasteiger partial charge in [0.25, 0.3) is 0 Å². The Bertz CT molecular complexity index is 1060. The first kappa shape index (κ1) is 20.0. The highest BCUT2D eigenvalue weighted by Crippen LogP contribution is 2.35. The van der Waals surface area contributed by atoms with E-state index in [1.54, 1.807) is 12.5 Å². The standard InChI is InChI=1S/C22H29N7O2/c1-15(2)29-22(24-14-25-29)18-12-28-8-9-30-19-10-20(23-11-17(19)21(28)26-18)31-13-16-6-4-5-7-27(16)3/h10-12,14-16H,4-9,13H2,1-3H3. The third kappa shape index (κ3) is 3.89. The summed E-state index contributed by atoms with van der Waals surface area (Å²) in [5, 5.41) is 4.34. The van der Waals surface area contributed by atoms with Crippen molar-refractivity contribution in [2.75, 3.05) is 26.8 Å². The quantitative estimate of drug-likeness (QED) is 0.624. The van der Waals surface area contributed by atoms with Crippen LogP contribution in [0.4, 0.5) is 0 Å². The summed E-state index contributed by atoms with van der Waals surface area (Å²) in [5.74, 6) is 2.94. The van der Waals surface area contributed by atoms with Gasteiger partial charge < -0.3 is 18.9 Å². The van der Waals surface area contributed by atoms with E-state index in [2.05, 4.69) is 45.4 Å². The maximum Gasteiger partial charge on any atom is 0.217 e. The lowest BCUT2D eigenvalue weighted by atomic mass is 10.0. The van der Waals surface area contributed by atoms with Gasteiger partial charge in [-0.15, -0.1) is 0 Å². The van der Waals surface area contributed by atoms with Crippen LogP contribution in [0.5, 0.6) is 11.6 Å². The summed E-state index contributed by atoms with van der Waals surface area (Å²) in [4.78, 5) is 16.2. The number of hydrogen-bond donors (Lipinski definition) is 0. The van der Waals surface area contributed by atoms with Crippen molar-refractivity contribution in [2.24, 2.45) is 0 Å². The lowest BCUT2D eigenvalue weighted by Gasteiger charge is -2.31. The predicted octanol–water partition coefficient (Wildman–Crippen LogP) is 3.04. The van der Waals surface area contributed by atoms with E-state index in [1.807, 2.05) is 16.9 Å². The summed E-state index contributed by atoms with van der Waals surface area (Å²) < 4.78 is 16.0. The lowest BCUT2D eigenvalue weighted by molar-refractivity contribution is 0.122. The molecule has 1 atom stereocenters. The average Bonchev–Trinajstić information content (AvgIpc) is 3.38. The number of piperidine rings is 1. The van der Waals surface area contributed by atoms with Crippen LogP contribution in [0.15, 0.2) is 24.8 Å². The molecule has 5 heterocycles. The van der Waals surface area contributed by atoms with Gasteiger partial charge >= 0.3 is 0 Å². The lowest BCUT2D eigenvalue weighted by Crippen LogP contribution is -2.40. The van der Waals surface area contributed by atoms with Gasteiger partial charge in [0.15, 0.2) is 5.82 Å². The molecule has 0 amide bonds. The molecule has 9 nitrogen and oxygen atoms in total. The molecule has 31 heavy (non-hydrogen) atoms. The third-order valence-corrected chi connectivity index (χ3v) is 6.08. The van der Waals surface area contributed by atoms with Gasteiger partial charge in [-0.25, -0.2) is 19.6 Å². The minimum atomic E-state index is 0.208. The molecule has 1 fully saturated rings. The van der Waals surface area contributed by atoms with Crippen LogP contribution in [0.1, 0.15) is 39.2 Å². The molecule has 0 radical (unpaired) electrons. The molecule has 1 saturated heterocycles. The van der Waals surface area contributed by atoms with E-state index in [0.717, 1.165) is 35.2 Å². The zero-order chi connectivity index (χ0) is 21.4. The third-order valence-electron chi connectivity index (χ3n) is 6.08. The fraction of sp³-hybridized carbons (Fsp3) is 0.545. The Kier molecular flexibility index (Phi) is 5.35. The van der Waals surface area contributed by atoms with Gasteiger partial charge in [0, 0.05) is 30.5 Å². The SMILES string of the molecule is CC(C)n1ncnc1-c1cn2c(n1)-c1cnc(OCC3CCCCN3C)cc1OCC2. The largest absolute Gasteiger partial charge is 0.491 e. The van der Waals surface area contributed by atoms with Crippen molar-refractivity contribution >= 4 is 0 Å². The van der Waals surface area contributed by atoms with E-state index >= 15 is 0 Å². The molecule has 0 aromatic carbocycles. The van der Waals surface area contributed by atoms with Gasteiger partial charge in [0.2, 0.25) is 5.88 Å². The van der Waals surface area contributed by atoms with E-state index in [9.17, 15) is 0 Å². The summed E-state index contributed by atoms with van der Waals surface area (Å²) in [6.07, 6.45) is 9.08. The van der Waals surface area contributed by atoms with E-state index in [4.69, 9.17) is 14.5 Å². The zero-order valence-corrected chi connectivity index (χ0v) is 18.4. The van der Waals surface area contributed by atoms with Crippen molar-refractivity contribution in [3.8, 4) is 34.5 Å². The number of ether oxygens (including phenoxy) is 2. The van der Waals surface area contributed by atoms with Crippen LogP contribution >= 0.6 is 0 Å². The molecule has 5 rings (SSSR count). The van der Waals surface area contributed by atoms with Crippen LogP contribution in [-0.4, -0.2) is 67.0 Å². The number of pyridine rings is 1. The van der Waals surface area contributed by atoms with E-state index in [-0.39, 0.29) is 6.04 Å². The van der Waals surface area contributed by atoms with Crippen molar-refractivity contribution in [2.45, 2.75) is 51.7 Å². The molecule has 3 aromatic rings. The summed E-state index contributed by atoms with van der Waals surface area (Å²) in [6, 6.07) is 2.54. The van der Waals surface area contributed by atoms with Gasteiger partial charge in [-0.2, -0.15) is 5.10 Å². The monoisotopic (exact) mass is 423 g/mol. The molecule has 9 heteroatoms. The molecular formula is C22H29N7O2. The van der Waals surface area contributed by atoms with Crippen LogP contribution in [0.25, 0.3) is 22.9 Å². The highest BCUT2D eigenvalue weighted by molar-refractivity contribution is 5.68. The van der Waals surface area contributed by atoms with Crippen molar-refractivity contribution in [1.82, 2.24) is 34.2 Å². The Labute approximate surface area is 182 Å². The normalized spacial score (nSPS) is 18.9. The molecule has 0 saturated carbocycles. The smallest absolute Gasteiger partial charge is 0.217 e. The molecule has 0 aliphatic carbocycles. The van der Waals surface area contributed by atoms with Gasteiger partial charge in [0.1, 0.15) is 36.8 Å². The number of hydrogen-bond acceptors (Lipinski definition) is 7. The van der Waals surface area contributed by atoms with Crippen LogP contribution in [0.3, 0.4) is 0 Å². The predicted molar refractivity (Wildman–Crippen MR) is 116 cm³/mol. The molecule has 3 aromatic heterocycles. The molecule has 164 valence electrons. The highest BCUT2D eigenvalue weighted by atomic mass is 16.5. The number of imidazole rings is 1. The van der Waals surface area contributed by atoms with Crippen LogP contribution in [-0.2, 0) is 6.54 Å². The number of likely N-dealkylation sites (tertiary alicyclic amines) is 1. The summed E-state index contributed by atoms with van der Waals surface area (Å²) in [6.45, 7) is 7.20. The van der Waals surface area contributed by atoms with E-state index in [0.29, 0.717) is 31.7 Å². The van der Waals surface area contributed by atoms with Gasteiger partial charge in [0.05, 0.1) is 12.1 Å². The van der Waals surface area contributed by atoms with Gasteiger partial charge in [-0.1, -0.05) is 6.42 Å². The fourth-order valence-electron chi connectivity index (χ4n) is 4.30. The topological polar surface area (TPSA) is 83.1 Å². The summed E-state index contributed by atoms with van der Waals surface area (Å²) in [7, 11) is 2.16. The molecule has 0 N–H and O–H groups in total. The Morgan fingerprint density at radius 2 is 2.10 bits per heavy atom. The van der Waals surface area contributed by atoms with Crippen molar-refractivity contribution < 1.29 is 9.47 Å². The number of likely N-dealkylation sites (N-methyl/N-ethyl adjacent to an activating group) is 1. The van der Waals surface area contributed by atoms with Crippen LogP contribution < -0.4 is 9.47 Å². The number of nitrogens with zero attached hydrogens (tertiary/aromatic N) is 7. The zero-order valence-electron chi connectivity index (χ0n) is 18.4. The Hall–Kier alpha value is -2.94. The Morgan fingerprint density at radius 1 is 1.19 bits per heavy atom.